The lowest BCUT2D eigenvalue weighted by atomic mass is 9.72. The lowest BCUT2D eigenvalue weighted by Gasteiger charge is -2.47. The SMILES string of the molecule is CC(C)(C)NC(=O)[C@@H]1C[C@@H]2CCCC[C@@H]2CN1CC(O)C(Cc1ccccc1)NC(=O)O[C@H]1CO[C@H]2OCC[C@H]21. The number of fused-ring (bicyclic) bond motifs is 2. The Morgan fingerprint density at radius 1 is 1.10 bits per heavy atom. The van der Waals surface area contributed by atoms with E-state index in [1.165, 1.54) is 19.3 Å². The van der Waals surface area contributed by atoms with Gasteiger partial charge in [0.15, 0.2) is 6.29 Å². The molecule has 2 amide bonds. The maximum Gasteiger partial charge on any atom is 0.407 e. The molecule has 0 aromatic heterocycles. The van der Waals surface area contributed by atoms with E-state index < -0.39 is 18.2 Å². The zero-order valence-electron chi connectivity index (χ0n) is 24.2. The molecule has 5 rings (SSSR count). The van der Waals surface area contributed by atoms with Crippen molar-refractivity contribution in [1.29, 1.82) is 0 Å². The number of ether oxygens (including phenoxy) is 3. The highest BCUT2D eigenvalue weighted by molar-refractivity contribution is 5.82. The normalized spacial score (nSPS) is 32.0. The molecule has 0 spiro atoms. The number of rotatable bonds is 8. The summed E-state index contributed by atoms with van der Waals surface area (Å²) in [4.78, 5) is 28.7. The summed E-state index contributed by atoms with van der Waals surface area (Å²) in [5.41, 5.74) is 0.674. The molecule has 9 heteroatoms. The molecule has 0 radical (unpaired) electrons. The summed E-state index contributed by atoms with van der Waals surface area (Å²) < 4.78 is 17.0. The molecular formula is C31H47N3O6. The Hall–Kier alpha value is -2.20. The van der Waals surface area contributed by atoms with Crippen molar-refractivity contribution in [3.8, 4) is 0 Å². The van der Waals surface area contributed by atoms with Crippen LogP contribution in [0.1, 0.15) is 64.9 Å². The van der Waals surface area contributed by atoms with Crippen molar-refractivity contribution in [2.75, 3.05) is 26.3 Å². The van der Waals surface area contributed by atoms with Crippen molar-refractivity contribution in [1.82, 2.24) is 15.5 Å². The Balaban J connectivity index is 1.29. The van der Waals surface area contributed by atoms with E-state index in [1.54, 1.807) is 0 Å². The molecule has 1 aliphatic carbocycles. The Labute approximate surface area is 238 Å². The second-order valence-electron chi connectivity index (χ2n) is 13.2. The number of nitrogens with one attached hydrogen (secondary N) is 2. The van der Waals surface area contributed by atoms with E-state index in [2.05, 4.69) is 15.5 Å². The minimum Gasteiger partial charge on any atom is -0.443 e. The number of amides is 2. The first kappa shape index (κ1) is 29.3. The third-order valence-corrected chi connectivity index (χ3v) is 9.03. The predicted octanol–water partition coefficient (Wildman–Crippen LogP) is 3.24. The van der Waals surface area contributed by atoms with E-state index >= 15 is 0 Å². The molecule has 3 aliphatic heterocycles. The third kappa shape index (κ3) is 7.35. The fraction of sp³-hybridized carbons (Fsp3) is 0.742. The van der Waals surface area contributed by atoms with Gasteiger partial charge in [-0.1, -0.05) is 49.6 Å². The van der Waals surface area contributed by atoms with Gasteiger partial charge < -0.3 is 30.0 Å². The molecule has 4 aliphatic rings. The first-order chi connectivity index (χ1) is 19.2. The van der Waals surface area contributed by atoms with E-state index in [0.29, 0.717) is 38.0 Å². The van der Waals surface area contributed by atoms with Gasteiger partial charge >= 0.3 is 6.09 Å². The van der Waals surface area contributed by atoms with Crippen LogP contribution in [0.15, 0.2) is 30.3 Å². The zero-order chi connectivity index (χ0) is 28.3. The maximum atomic E-state index is 13.5. The number of hydrogen-bond acceptors (Lipinski definition) is 7. The quantitative estimate of drug-likeness (QED) is 0.450. The van der Waals surface area contributed by atoms with Crippen LogP contribution in [-0.4, -0.2) is 84.4 Å². The Bertz CT molecular complexity index is 1000. The highest BCUT2D eigenvalue weighted by Crippen LogP contribution is 2.39. The van der Waals surface area contributed by atoms with Crippen molar-refractivity contribution in [2.45, 2.75) is 102 Å². The van der Waals surface area contributed by atoms with Crippen LogP contribution in [0.25, 0.3) is 0 Å². The van der Waals surface area contributed by atoms with Gasteiger partial charge in [-0.05, 0) is 63.9 Å². The molecule has 9 nitrogen and oxygen atoms in total. The van der Waals surface area contributed by atoms with Crippen LogP contribution in [0.2, 0.25) is 0 Å². The second kappa shape index (κ2) is 12.8. The Kier molecular flexibility index (Phi) is 9.35. The molecule has 3 N–H and O–H groups in total. The fourth-order valence-electron chi connectivity index (χ4n) is 7.02. The van der Waals surface area contributed by atoms with Gasteiger partial charge in [-0.25, -0.2) is 4.79 Å². The van der Waals surface area contributed by atoms with E-state index in [1.807, 2.05) is 51.1 Å². The van der Waals surface area contributed by atoms with Crippen LogP contribution in [0, 0.1) is 17.8 Å². The van der Waals surface area contributed by atoms with E-state index in [0.717, 1.165) is 31.4 Å². The van der Waals surface area contributed by atoms with E-state index in [9.17, 15) is 14.7 Å². The minimum absolute atomic E-state index is 0.0188. The fourth-order valence-corrected chi connectivity index (χ4v) is 7.02. The van der Waals surface area contributed by atoms with Crippen LogP contribution >= 0.6 is 0 Å². The van der Waals surface area contributed by atoms with E-state index in [-0.39, 0.29) is 35.8 Å². The summed E-state index contributed by atoms with van der Waals surface area (Å²) in [5, 5.41) is 17.8. The molecule has 40 heavy (non-hydrogen) atoms. The number of likely N-dealkylation sites (tertiary alicyclic amines) is 1. The largest absolute Gasteiger partial charge is 0.443 e. The lowest BCUT2D eigenvalue weighted by Crippen LogP contribution is -2.60. The lowest BCUT2D eigenvalue weighted by molar-refractivity contribution is -0.132. The van der Waals surface area contributed by atoms with Crippen LogP contribution in [0.5, 0.6) is 0 Å². The monoisotopic (exact) mass is 557 g/mol. The number of carbonyl (C=O) groups excluding carboxylic acids is 2. The summed E-state index contributed by atoms with van der Waals surface area (Å²) >= 11 is 0. The van der Waals surface area contributed by atoms with Crippen molar-refractivity contribution in [3.05, 3.63) is 35.9 Å². The molecule has 222 valence electrons. The highest BCUT2D eigenvalue weighted by atomic mass is 16.7. The van der Waals surface area contributed by atoms with Crippen LogP contribution in [0.3, 0.4) is 0 Å². The van der Waals surface area contributed by atoms with Gasteiger partial charge in [-0.15, -0.1) is 0 Å². The number of β-amino-alcohol motifs (C(OH)–C–C–N with tert-alkyl or cyclic N) is 1. The summed E-state index contributed by atoms with van der Waals surface area (Å²) in [5.74, 6) is 1.14. The summed E-state index contributed by atoms with van der Waals surface area (Å²) in [6, 6.07) is 8.96. The molecule has 1 saturated carbocycles. The summed E-state index contributed by atoms with van der Waals surface area (Å²) in [6.45, 7) is 8.00. The average Bonchev–Trinajstić information content (AvgIpc) is 3.53. The van der Waals surface area contributed by atoms with Gasteiger partial charge in [0.2, 0.25) is 5.91 Å². The zero-order valence-corrected chi connectivity index (χ0v) is 24.2. The van der Waals surface area contributed by atoms with Crippen molar-refractivity contribution < 1.29 is 28.9 Å². The summed E-state index contributed by atoms with van der Waals surface area (Å²) in [7, 11) is 0. The first-order valence-corrected chi connectivity index (χ1v) is 15.1. The van der Waals surface area contributed by atoms with Gasteiger partial charge in [-0.2, -0.15) is 0 Å². The number of piperidine rings is 1. The molecule has 4 fully saturated rings. The number of nitrogens with zero attached hydrogens (tertiary/aromatic N) is 1. The minimum atomic E-state index is -0.889. The maximum absolute atomic E-state index is 13.5. The number of carbonyl (C=O) groups is 2. The van der Waals surface area contributed by atoms with Crippen LogP contribution in [0.4, 0.5) is 4.79 Å². The molecule has 8 atom stereocenters. The van der Waals surface area contributed by atoms with Crippen LogP contribution in [-0.2, 0) is 25.4 Å². The molecular weight excluding hydrogens is 510 g/mol. The smallest absolute Gasteiger partial charge is 0.407 e. The van der Waals surface area contributed by atoms with Crippen molar-refractivity contribution >= 4 is 12.0 Å². The first-order valence-electron chi connectivity index (χ1n) is 15.1. The number of aliphatic hydroxyl groups is 1. The van der Waals surface area contributed by atoms with Crippen molar-refractivity contribution in [2.24, 2.45) is 17.8 Å². The molecule has 0 bridgehead atoms. The number of hydrogen-bond donors (Lipinski definition) is 3. The number of alkyl carbamates (subject to hydrolysis) is 1. The van der Waals surface area contributed by atoms with Gasteiger partial charge in [0.05, 0.1) is 37.3 Å². The van der Waals surface area contributed by atoms with E-state index in [4.69, 9.17) is 14.2 Å². The van der Waals surface area contributed by atoms with Crippen molar-refractivity contribution in [3.63, 3.8) is 0 Å². The van der Waals surface area contributed by atoms with Gasteiger partial charge in [0.1, 0.15) is 6.10 Å². The average molecular weight is 558 g/mol. The van der Waals surface area contributed by atoms with Gasteiger partial charge in [0.25, 0.3) is 0 Å². The standard InChI is InChI=1S/C31H47N3O6/c1-31(2,3)33-28(36)25-16-21-11-7-8-12-22(21)17-34(25)18-26(35)24(15-20-9-5-4-6-10-20)32-30(37)40-27-19-39-29-23(27)13-14-38-29/h4-6,9-10,21-27,29,35H,7-8,11-19H2,1-3H3,(H,32,37)(H,33,36)/t21-,22+,23-,24?,25-,26?,27-,29+/m0/s1. The predicted molar refractivity (Wildman–Crippen MR) is 150 cm³/mol. The molecule has 3 heterocycles. The second-order valence-corrected chi connectivity index (χ2v) is 13.2. The molecule has 2 unspecified atom stereocenters. The Morgan fingerprint density at radius 3 is 2.60 bits per heavy atom. The topological polar surface area (TPSA) is 109 Å². The third-order valence-electron chi connectivity index (χ3n) is 9.03. The van der Waals surface area contributed by atoms with Crippen LogP contribution < -0.4 is 10.6 Å². The number of aliphatic hydroxyl groups excluding tert-OH is 1. The Morgan fingerprint density at radius 2 is 1.85 bits per heavy atom. The number of benzene rings is 1. The molecule has 1 aromatic carbocycles. The van der Waals surface area contributed by atoms with Gasteiger partial charge in [-0.3, -0.25) is 9.69 Å². The molecule has 3 saturated heterocycles. The summed E-state index contributed by atoms with van der Waals surface area (Å²) in [6.07, 6.45) is 4.72. The molecule has 1 aromatic rings. The highest BCUT2D eigenvalue weighted by Gasteiger charge is 2.45. The van der Waals surface area contributed by atoms with Gasteiger partial charge in [0, 0.05) is 18.6 Å².